The van der Waals surface area contributed by atoms with Crippen LogP contribution in [0.5, 0.6) is 0 Å². The number of piperidine rings is 1. The molecule has 0 saturated carbocycles. The molecule has 5 heteroatoms. The summed E-state index contributed by atoms with van der Waals surface area (Å²) in [6.45, 7) is 5.90. The summed E-state index contributed by atoms with van der Waals surface area (Å²) < 4.78 is 1.84. The Labute approximate surface area is 161 Å². The van der Waals surface area contributed by atoms with E-state index in [0.717, 1.165) is 51.0 Å². The van der Waals surface area contributed by atoms with E-state index in [1.54, 1.807) is 6.20 Å². The molecule has 0 spiro atoms. The normalized spacial score (nSPS) is 25.6. The molecule has 4 aliphatic rings. The van der Waals surface area contributed by atoms with Crippen LogP contribution in [0.1, 0.15) is 41.3 Å². The number of carbonyl (C=O) groups is 1. The molecule has 1 amide bonds. The zero-order chi connectivity index (χ0) is 18.4. The van der Waals surface area contributed by atoms with Crippen molar-refractivity contribution >= 4 is 5.91 Å². The van der Waals surface area contributed by atoms with Crippen molar-refractivity contribution in [2.75, 3.05) is 19.6 Å². The molecule has 5 nitrogen and oxygen atoms in total. The van der Waals surface area contributed by atoms with E-state index in [9.17, 15) is 4.79 Å². The lowest BCUT2D eigenvalue weighted by Gasteiger charge is -2.36. The molecule has 0 radical (unpaired) electrons. The van der Waals surface area contributed by atoms with Gasteiger partial charge in [0.05, 0.1) is 11.8 Å². The van der Waals surface area contributed by atoms with E-state index < -0.39 is 0 Å². The highest BCUT2D eigenvalue weighted by molar-refractivity contribution is 5.94. The molecule has 1 aromatic carbocycles. The zero-order valence-electron chi connectivity index (χ0n) is 16.1. The first-order chi connectivity index (χ1) is 13.2. The summed E-state index contributed by atoms with van der Waals surface area (Å²) in [5.74, 6) is 0.763. The van der Waals surface area contributed by atoms with Gasteiger partial charge in [0.1, 0.15) is 0 Å². The van der Waals surface area contributed by atoms with Gasteiger partial charge in [-0.05, 0) is 49.7 Å². The highest BCUT2D eigenvalue weighted by Gasteiger charge is 2.40. The summed E-state index contributed by atoms with van der Waals surface area (Å²) >= 11 is 0. The second-order valence-electron chi connectivity index (χ2n) is 8.42. The van der Waals surface area contributed by atoms with Gasteiger partial charge in [-0.15, -0.1) is 0 Å². The fourth-order valence-electron chi connectivity index (χ4n) is 5.27. The minimum absolute atomic E-state index is 0.168. The average Bonchev–Trinajstić information content (AvgIpc) is 3.25. The lowest BCUT2D eigenvalue weighted by atomic mass is 9.94. The SMILES string of the molecule is CCn1cc(C(=O)N2C[C@H]3CC[C@@H]2CN(C2Cc4ccccc4C2)C3)cn1. The summed E-state index contributed by atoms with van der Waals surface area (Å²) in [5.41, 5.74) is 3.77. The molecule has 4 heterocycles. The van der Waals surface area contributed by atoms with Gasteiger partial charge in [-0.1, -0.05) is 24.3 Å². The molecule has 27 heavy (non-hydrogen) atoms. The number of nitrogens with zero attached hydrogens (tertiary/aromatic N) is 4. The first kappa shape index (κ1) is 17.0. The largest absolute Gasteiger partial charge is 0.334 e. The van der Waals surface area contributed by atoms with Gasteiger partial charge in [-0.2, -0.15) is 5.10 Å². The fourth-order valence-corrected chi connectivity index (χ4v) is 5.27. The lowest BCUT2D eigenvalue weighted by molar-refractivity contribution is 0.0581. The Balaban J connectivity index is 1.33. The van der Waals surface area contributed by atoms with Gasteiger partial charge in [0.15, 0.2) is 0 Å². The van der Waals surface area contributed by atoms with Crippen molar-refractivity contribution in [2.45, 2.75) is 51.2 Å². The van der Waals surface area contributed by atoms with Gasteiger partial charge in [-0.3, -0.25) is 14.4 Å². The predicted octanol–water partition coefficient (Wildman–Crippen LogP) is 2.61. The molecule has 2 aromatic rings. The summed E-state index contributed by atoms with van der Waals surface area (Å²) in [6, 6.07) is 9.81. The van der Waals surface area contributed by atoms with Crippen molar-refractivity contribution in [3.05, 3.63) is 53.3 Å². The van der Waals surface area contributed by atoms with Crippen molar-refractivity contribution in [1.29, 1.82) is 0 Å². The van der Waals surface area contributed by atoms with E-state index >= 15 is 0 Å². The Morgan fingerprint density at radius 3 is 2.56 bits per heavy atom. The van der Waals surface area contributed by atoms with Crippen LogP contribution < -0.4 is 0 Å². The molecule has 3 saturated heterocycles. The molecular weight excluding hydrogens is 336 g/mol. The first-order valence-electron chi connectivity index (χ1n) is 10.4. The van der Waals surface area contributed by atoms with Crippen LogP contribution >= 0.6 is 0 Å². The van der Waals surface area contributed by atoms with E-state index in [2.05, 4.69) is 39.2 Å². The third-order valence-corrected chi connectivity index (χ3v) is 6.75. The number of carbonyl (C=O) groups excluding carboxylic acids is 1. The quantitative estimate of drug-likeness (QED) is 0.841. The van der Waals surface area contributed by atoms with E-state index in [4.69, 9.17) is 0 Å². The Bertz CT molecular complexity index is 819. The first-order valence-corrected chi connectivity index (χ1v) is 10.4. The Morgan fingerprint density at radius 1 is 1.07 bits per heavy atom. The van der Waals surface area contributed by atoms with Crippen LogP contribution in [0.2, 0.25) is 0 Å². The van der Waals surface area contributed by atoms with Crippen molar-refractivity contribution in [3.63, 3.8) is 0 Å². The van der Waals surface area contributed by atoms with Crippen LogP contribution in [0.3, 0.4) is 0 Å². The maximum absolute atomic E-state index is 13.1. The molecule has 0 unspecified atom stereocenters. The van der Waals surface area contributed by atoms with Crippen molar-refractivity contribution < 1.29 is 4.79 Å². The number of hydrogen-bond acceptors (Lipinski definition) is 3. The summed E-state index contributed by atoms with van der Waals surface area (Å²) in [5, 5.41) is 4.30. The van der Waals surface area contributed by atoms with Gasteiger partial charge in [0.25, 0.3) is 5.91 Å². The molecule has 2 atom stereocenters. The molecule has 1 aromatic heterocycles. The number of rotatable bonds is 3. The van der Waals surface area contributed by atoms with E-state index in [0.29, 0.717) is 18.0 Å². The summed E-state index contributed by atoms with van der Waals surface area (Å²) in [6.07, 6.45) is 8.33. The Morgan fingerprint density at radius 2 is 1.85 bits per heavy atom. The van der Waals surface area contributed by atoms with Gasteiger partial charge < -0.3 is 4.90 Å². The van der Waals surface area contributed by atoms with Gasteiger partial charge in [0.2, 0.25) is 0 Å². The van der Waals surface area contributed by atoms with Crippen LogP contribution in [-0.4, -0.2) is 57.2 Å². The molecular formula is C22H28N4O. The van der Waals surface area contributed by atoms with Gasteiger partial charge in [-0.25, -0.2) is 0 Å². The van der Waals surface area contributed by atoms with Crippen LogP contribution in [0, 0.1) is 5.92 Å². The number of fused-ring (bicyclic) bond motifs is 5. The third kappa shape index (κ3) is 3.08. The molecule has 142 valence electrons. The minimum Gasteiger partial charge on any atom is -0.334 e. The standard InChI is InChI=1S/C22H28N4O/c1-2-25-14-19(11-23-25)22(27)26-13-16-7-8-20(26)15-24(12-16)21-9-17-5-3-4-6-18(17)10-21/h3-6,11,14,16,20-21H,2,7-10,12-13,15H2,1H3/t16-,20+/m0/s1. The molecule has 6 rings (SSSR count). The number of hydrogen-bond donors (Lipinski definition) is 0. The molecule has 0 N–H and O–H groups in total. The highest BCUT2D eigenvalue weighted by atomic mass is 16.2. The zero-order valence-corrected chi connectivity index (χ0v) is 16.1. The van der Waals surface area contributed by atoms with Crippen molar-refractivity contribution in [2.24, 2.45) is 5.92 Å². The highest BCUT2D eigenvalue weighted by Crippen LogP contribution is 2.33. The van der Waals surface area contributed by atoms with E-state index in [1.165, 1.54) is 17.5 Å². The topological polar surface area (TPSA) is 41.4 Å². The number of aromatic nitrogens is 2. The van der Waals surface area contributed by atoms with Crippen LogP contribution in [-0.2, 0) is 19.4 Å². The van der Waals surface area contributed by atoms with E-state index in [-0.39, 0.29) is 5.91 Å². The van der Waals surface area contributed by atoms with Gasteiger partial charge >= 0.3 is 0 Å². The lowest BCUT2D eigenvalue weighted by Crippen LogP contribution is -2.48. The monoisotopic (exact) mass is 364 g/mol. The van der Waals surface area contributed by atoms with Crippen molar-refractivity contribution in [3.8, 4) is 0 Å². The second kappa shape index (κ2) is 6.79. The summed E-state index contributed by atoms with van der Waals surface area (Å²) in [4.78, 5) is 18.0. The van der Waals surface area contributed by atoms with Crippen LogP contribution in [0.4, 0.5) is 0 Å². The molecule has 3 aliphatic heterocycles. The van der Waals surface area contributed by atoms with Gasteiger partial charge in [0, 0.05) is 44.5 Å². The van der Waals surface area contributed by atoms with Crippen molar-refractivity contribution in [1.82, 2.24) is 19.6 Å². The molecule has 1 aliphatic carbocycles. The second-order valence-corrected chi connectivity index (χ2v) is 8.42. The number of amides is 1. The fraction of sp³-hybridized carbons (Fsp3) is 0.545. The Kier molecular flexibility index (Phi) is 4.27. The van der Waals surface area contributed by atoms with E-state index in [1.807, 2.05) is 17.8 Å². The Hall–Kier alpha value is -2.14. The molecule has 2 bridgehead atoms. The predicted molar refractivity (Wildman–Crippen MR) is 105 cm³/mol. The van der Waals surface area contributed by atoms with Crippen LogP contribution in [0.15, 0.2) is 36.7 Å². The van der Waals surface area contributed by atoms with Crippen LogP contribution in [0.25, 0.3) is 0 Å². The minimum atomic E-state index is 0.168. The third-order valence-electron chi connectivity index (χ3n) is 6.75. The smallest absolute Gasteiger partial charge is 0.257 e. The number of benzene rings is 1. The maximum atomic E-state index is 13.1. The average molecular weight is 364 g/mol. The number of aryl methyl sites for hydroxylation is 1. The molecule has 3 fully saturated rings. The summed E-state index contributed by atoms with van der Waals surface area (Å²) in [7, 11) is 0. The maximum Gasteiger partial charge on any atom is 0.257 e.